The second-order valence-corrected chi connectivity index (χ2v) is 10.0. The maximum Gasteiger partial charge on any atom is 0.573 e. The number of aromatic nitrogens is 2. The summed E-state index contributed by atoms with van der Waals surface area (Å²) >= 11 is 0. The van der Waals surface area contributed by atoms with Crippen LogP contribution in [0.1, 0.15) is 45.3 Å². The quantitative estimate of drug-likeness (QED) is 0.479. The average molecular weight is 493 g/mol. The molecule has 2 aliphatic rings. The van der Waals surface area contributed by atoms with E-state index in [2.05, 4.69) is 29.8 Å². The molecule has 0 bridgehead atoms. The molecule has 0 spiro atoms. The average Bonchev–Trinajstić information content (AvgIpc) is 3.17. The summed E-state index contributed by atoms with van der Waals surface area (Å²) in [6.07, 6.45) is -2.06. The molecule has 1 fully saturated rings. The minimum absolute atomic E-state index is 0.0997. The fourth-order valence-corrected chi connectivity index (χ4v) is 4.49. The van der Waals surface area contributed by atoms with Crippen LogP contribution in [-0.4, -0.2) is 64.9 Å². The minimum atomic E-state index is -4.85. The lowest BCUT2D eigenvalue weighted by molar-refractivity contribution is -0.502. The van der Waals surface area contributed by atoms with Crippen LogP contribution in [0.2, 0.25) is 0 Å². The number of ether oxygens (including phenoxy) is 1. The normalized spacial score (nSPS) is 19.9. The van der Waals surface area contributed by atoms with Gasteiger partial charge in [0.2, 0.25) is 12.0 Å². The first-order chi connectivity index (χ1) is 16.4. The molecule has 1 N–H and O–H groups in total. The zero-order chi connectivity index (χ0) is 25.4. The van der Waals surface area contributed by atoms with Crippen LogP contribution in [0, 0.1) is 10.6 Å². The van der Waals surface area contributed by atoms with Crippen LogP contribution in [0.5, 0.6) is 5.75 Å². The van der Waals surface area contributed by atoms with E-state index >= 15 is 0 Å². The number of benzene rings is 1. The molecule has 1 atom stereocenters. The van der Waals surface area contributed by atoms with Gasteiger partial charge < -0.3 is 25.1 Å². The van der Waals surface area contributed by atoms with Gasteiger partial charge in [-0.1, -0.05) is 20.8 Å². The molecule has 35 heavy (non-hydrogen) atoms. The first-order valence-corrected chi connectivity index (χ1v) is 11.7. The maximum absolute atomic E-state index is 13.1. The lowest BCUT2D eigenvalue weighted by atomic mass is 9.88. The van der Waals surface area contributed by atoms with E-state index in [-0.39, 0.29) is 22.8 Å². The van der Waals surface area contributed by atoms with Gasteiger partial charge in [0.05, 0.1) is 5.69 Å². The van der Waals surface area contributed by atoms with Crippen molar-refractivity contribution in [1.29, 1.82) is 0 Å². The van der Waals surface area contributed by atoms with Gasteiger partial charge in [0.1, 0.15) is 5.69 Å². The number of nitrogens with one attached hydrogen (secondary N) is 1. The van der Waals surface area contributed by atoms with E-state index in [9.17, 15) is 18.4 Å². The predicted octanol–water partition coefficient (Wildman–Crippen LogP) is 4.70. The lowest BCUT2D eigenvalue weighted by Gasteiger charge is -2.34. The summed E-state index contributed by atoms with van der Waals surface area (Å²) in [6, 6.07) is 5.74. The number of hydrogen-bond donors (Lipinski definition) is 1. The van der Waals surface area contributed by atoms with Crippen LogP contribution >= 0.6 is 0 Å². The predicted molar refractivity (Wildman–Crippen MR) is 128 cm³/mol. The van der Waals surface area contributed by atoms with E-state index in [0.29, 0.717) is 18.5 Å². The van der Waals surface area contributed by atoms with E-state index in [0.717, 1.165) is 42.3 Å². The number of alkyl halides is 3. The SMILES string of the molecule is CN1CCN(c2ccc(OC(F)(F)F)c(Nc3nccc(C4CCC(C(C)(C)C)=[N+]4[O-])n3)c2)CC1. The van der Waals surface area contributed by atoms with Crippen molar-refractivity contribution in [3.8, 4) is 5.75 Å². The summed E-state index contributed by atoms with van der Waals surface area (Å²) in [4.78, 5) is 13.0. The number of likely N-dealkylation sites (N-methyl/N-ethyl adjacent to an activating group) is 1. The van der Waals surface area contributed by atoms with Gasteiger partial charge >= 0.3 is 6.36 Å². The van der Waals surface area contributed by atoms with E-state index in [1.807, 2.05) is 27.8 Å². The van der Waals surface area contributed by atoms with Crippen molar-refractivity contribution in [2.24, 2.45) is 5.41 Å². The number of piperazine rings is 1. The molecule has 1 aromatic heterocycles. The molecule has 11 heteroatoms. The molecule has 0 amide bonds. The van der Waals surface area contributed by atoms with Gasteiger partial charge in [-0.25, -0.2) is 14.7 Å². The molecule has 1 aromatic carbocycles. The molecule has 0 saturated carbocycles. The highest BCUT2D eigenvalue weighted by atomic mass is 19.4. The standard InChI is InChI=1S/C24H31F3N6O2/c1-23(2,3)21-8-6-19(33(21)34)17-9-10-28-22(29-17)30-18-15-16(32-13-11-31(4)12-14-32)5-7-20(18)35-24(25,26)27/h5,7,9-10,15,19H,6,8,11-14H2,1-4H3,(H,28,29,30). The number of anilines is 3. The Bertz CT molecular complexity index is 1090. The summed E-state index contributed by atoms with van der Waals surface area (Å²) in [5.41, 5.74) is 1.94. The Morgan fingerprint density at radius 3 is 2.46 bits per heavy atom. The van der Waals surface area contributed by atoms with Crippen molar-refractivity contribution in [3.63, 3.8) is 0 Å². The van der Waals surface area contributed by atoms with Gasteiger partial charge in [0.15, 0.2) is 11.5 Å². The van der Waals surface area contributed by atoms with Gasteiger partial charge in [0, 0.05) is 56.3 Å². The van der Waals surface area contributed by atoms with Crippen LogP contribution in [0.4, 0.5) is 30.5 Å². The van der Waals surface area contributed by atoms with Crippen molar-refractivity contribution < 1.29 is 22.6 Å². The molecule has 0 aliphatic carbocycles. The smallest absolute Gasteiger partial charge is 0.573 e. The fourth-order valence-electron chi connectivity index (χ4n) is 4.49. The lowest BCUT2D eigenvalue weighted by Crippen LogP contribution is -2.44. The minimum Gasteiger partial charge on any atom is -0.623 e. The Balaban J connectivity index is 1.62. The molecule has 4 rings (SSSR count). The van der Waals surface area contributed by atoms with Crippen molar-refractivity contribution in [1.82, 2.24) is 14.9 Å². The molecule has 1 unspecified atom stereocenters. The summed E-state index contributed by atoms with van der Waals surface area (Å²) in [7, 11) is 2.03. The van der Waals surface area contributed by atoms with Crippen LogP contribution in [0.3, 0.4) is 0 Å². The monoisotopic (exact) mass is 492 g/mol. The number of nitrogens with zero attached hydrogens (tertiary/aromatic N) is 5. The third kappa shape index (κ3) is 5.95. The first kappa shape index (κ1) is 25.0. The van der Waals surface area contributed by atoms with E-state index in [4.69, 9.17) is 0 Å². The summed E-state index contributed by atoms with van der Waals surface area (Å²) < 4.78 is 44.5. The second kappa shape index (κ2) is 9.52. The van der Waals surface area contributed by atoms with Crippen LogP contribution in [-0.2, 0) is 0 Å². The largest absolute Gasteiger partial charge is 0.623 e. The molecule has 0 radical (unpaired) electrons. The van der Waals surface area contributed by atoms with E-state index < -0.39 is 12.4 Å². The molecule has 2 aromatic rings. The Labute approximate surface area is 203 Å². The number of hydroxylamine groups is 1. The van der Waals surface area contributed by atoms with Crippen LogP contribution in [0.15, 0.2) is 30.5 Å². The van der Waals surface area contributed by atoms with Gasteiger partial charge in [-0.15, -0.1) is 13.2 Å². The Morgan fingerprint density at radius 1 is 1.11 bits per heavy atom. The summed E-state index contributed by atoms with van der Waals surface area (Å²) in [6.45, 7) is 9.23. The summed E-state index contributed by atoms with van der Waals surface area (Å²) in [5, 5.41) is 15.8. The first-order valence-electron chi connectivity index (χ1n) is 11.7. The highest BCUT2D eigenvalue weighted by Gasteiger charge is 2.38. The van der Waals surface area contributed by atoms with Crippen molar-refractivity contribution in [2.45, 2.75) is 46.0 Å². The van der Waals surface area contributed by atoms with Gasteiger partial charge in [-0.3, -0.25) is 0 Å². The maximum atomic E-state index is 13.1. The third-order valence-corrected chi connectivity index (χ3v) is 6.39. The summed E-state index contributed by atoms with van der Waals surface area (Å²) in [5.74, 6) is -0.276. The van der Waals surface area contributed by atoms with Crippen molar-refractivity contribution in [3.05, 3.63) is 41.4 Å². The Hall–Kier alpha value is -3.08. The molecular formula is C24H31F3N6O2. The molecule has 3 heterocycles. The molecule has 1 saturated heterocycles. The van der Waals surface area contributed by atoms with Crippen molar-refractivity contribution in [2.75, 3.05) is 43.4 Å². The number of rotatable bonds is 5. The second-order valence-electron chi connectivity index (χ2n) is 10.0. The highest BCUT2D eigenvalue weighted by molar-refractivity contribution is 5.86. The topological polar surface area (TPSA) is 79.6 Å². The third-order valence-electron chi connectivity index (χ3n) is 6.39. The van der Waals surface area contributed by atoms with E-state index in [1.165, 1.54) is 12.3 Å². The zero-order valence-electron chi connectivity index (χ0n) is 20.4. The van der Waals surface area contributed by atoms with Gasteiger partial charge in [0.25, 0.3) is 0 Å². The van der Waals surface area contributed by atoms with Gasteiger partial charge in [-0.05, 0) is 31.3 Å². The zero-order valence-corrected chi connectivity index (χ0v) is 20.4. The Kier molecular flexibility index (Phi) is 6.81. The molecule has 190 valence electrons. The molecule has 2 aliphatic heterocycles. The Morgan fingerprint density at radius 2 is 1.83 bits per heavy atom. The number of halogens is 3. The van der Waals surface area contributed by atoms with E-state index in [1.54, 1.807) is 18.2 Å². The van der Waals surface area contributed by atoms with Gasteiger partial charge in [-0.2, -0.15) is 0 Å². The van der Waals surface area contributed by atoms with Crippen LogP contribution < -0.4 is 15.0 Å². The number of hydrogen-bond acceptors (Lipinski definition) is 7. The highest BCUT2D eigenvalue weighted by Crippen LogP contribution is 2.37. The van der Waals surface area contributed by atoms with Crippen molar-refractivity contribution >= 4 is 23.0 Å². The molecular weight excluding hydrogens is 461 g/mol. The van der Waals surface area contributed by atoms with Crippen LogP contribution in [0.25, 0.3) is 0 Å². The fraction of sp³-hybridized carbons (Fsp3) is 0.542. The molecule has 8 nitrogen and oxygen atoms in total.